The molecular formula is C19H32N2. The molecule has 0 aromatic heterocycles. The highest BCUT2D eigenvalue weighted by atomic mass is 15.2. The molecule has 2 N–H and O–H groups in total. The fraction of sp³-hybridized carbons (Fsp3) is 0.684. The second kappa shape index (κ2) is 6.50. The van der Waals surface area contributed by atoms with E-state index in [1.807, 2.05) is 0 Å². The maximum Gasteiger partial charge on any atom is 0.0332 e. The lowest BCUT2D eigenvalue weighted by molar-refractivity contribution is 0.0998. The summed E-state index contributed by atoms with van der Waals surface area (Å²) in [6.07, 6.45) is 4.76. The lowest BCUT2D eigenvalue weighted by Gasteiger charge is -2.43. The predicted octanol–water partition coefficient (Wildman–Crippen LogP) is 3.75. The fourth-order valence-electron chi connectivity index (χ4n) is 3.92. The van der Waals surface area contributed by atoms with Crippen LogP contribution < -0.4 is 5.73 Å². The number of rotatable bonds is 5. The fourth-order valence-corrected chi connectivity index (χ4v) is 3.92. The summed E-state index contributed by atoms with van der Waals surface area (Å²) in [4.78, 5) is 2.62. The normalized spacial score (nSPS) is 20.5. The lowest BCUT2D eigenvalue weighted by atomic mass is 9.82. The summed E-state index contributed by atoms with van der Waals surface area (Å²) < 4.78 is 0. The van der Waals surface area contributed by atoms with Gasteiger partial charge in [-0.2, -0.15) is 0 Å². The minimum atomic E-state index is 0.125. The summed E-state index contributed by atoms with van der Waals surface area (Å²) in [5.41, 5.74) is 12.4. The molecule has 1 aliphatic heterocycles. The van der Waals surface area contributed by atoms with Crippen LogP contribution in [0.1, 0.15) is 55.4 Å². The van der Waals surface area contributed by atoms with E-state index in [2.05, 4.69) is 51.7 Å². The van der Waals surface area contributed by atoms with E-state index < -0.39 is 0 Å². The average Bonchev–Trinajstić information content (AvgIpc) is 2.96. The zero-order valence-electron chi connectivity index (χ0n) is 14.5. The highest BCUT2D eigenvalue weighted by Crippen LogP contribution is 2.30. The van der Waals surface area contributed by atoms with Gasteiger partial charge in [-0.05, 0) is 83.2 Å². The third-order valence-corrected chi connectivity index (χ3v) is 5.61. The first-order chi connectivity index (χ1) is 9.88. The molecular weight excluding hydrogens is 256 g/mol. The van der Waals surface area contributed by atoms with Crippen molar-refractivity contribution in [1.29, 1.82) is 0 Å². The Balaban J connectivity index is 2.21. The second-order valence-electron chi connectivity index (χ2n) is 7.09. The molecule has 1 aromatic carbocycles. The molecule has 0 saturated carbocycles. The Morgan fingerprint density at radius 2 is 1.67 bits per heavy atom. The van der Waals surface area contributed by atoms with Gasteiger partial charge in [-0.3, -0.25) is 4.90 Å². The van der Waals surface area contributed by atoms with Gasteiger partial charge in [-0.1, -0.05) is 24.6 Å². The topological polar surface area (TPSA) is 29.3 Å². The molecule has 0 bridgehead atoms. The van der Waals surface area contributed by atoms with E-state index in [1.165, 1.54) is 48.2 Å². The van der Waals surface area contributed by atoms with Crippen molar-refractivity contribution >= 4 is 0 Å². The molecule has 0 amide bonds. The van der Waals surface area contributed by atoms with Gasteiger partial charge in [0.15, 0.2) is 0 Å². The molecule has 118 valence electrons. The quantitative estimate of drug-likeness (QED) is 0.894. The van der Waals surface area contributed by atoms with Gasteiger partial charge in [0, 0.05) is 11.6 Å². The number of likely N-dealkylation sites (tertiary alicyclic amines) is 1. The van der Waals surface area contributed by atoms with E-state index >= 15 is 0 Å². The molecule has 0 aliphatic carbocycles. The molecule has 21 heavy (non-hydrogen) atoms. The molecule has 2 rings (SSSR count). The highest BCUT2D eigenvalue weighted by molar-refractivity contribution is 5.38. The number of hydrogen-bond acceptors (Lipinski definition) is 2. The average molecular weight is 288 g/mol. The smallest absolute Gasteiger partial charge is 0.0332 e. The van der Waals surface area contributed by atoms with Crippen molar-refractivity contribution in [3.05, 3.63) is 34.4 Å². The summed E-state index contributed by atoms with van der Waals surface area (Å²) in [5, 5.41) is 0. The van der Waals surface area contributed by atoms with Crippen molar-refractivity contribution in [1.82, 2.24) is 4.90 Å². The first kappa shape index (κ1) is 16.5. The third-order valence-electron chi connectivity index (χ3n) is 5.61. The van der Waals surface area contributed by atoms with Crippen LogP contribution in [0.3, 0.4) is 0 Å². The van der Waals surface area contributed by atoms with Crippen LogP contribution in [0.4, 0.5) is 0 Å². The van der Waals surface area contributed by atoms with Crippen molar-refractivity contribution in [2.45, 2.75) is 71.9 Å². The first-order valence-corrected chi connectivity index (χ1v) is 8.46. The maximum absolute atomic E-state index is 6.71. The van der Waals surface area contributed by atoms with Gasteiger partial charge < -0.3 is 5.73 Å². The van der Waals surface area contributed by atoms with Crippen LogP contribution in [0.15, 0.2) is 12.1 Å². The van der Waals surface area contributed by atoms with Crippen LogP contribution in [0.2, 0.25) is 0 Å². The molecule has 2 atom stereocenters. The Labute approximate surface area is 130 Å². The molecule has 1 fully saturated rings. The summed E-state index contributed by atoms with van der Waals surface area (Å²) in [5.74, 6) is 0. The molecule has 1 aliphatic rings. The van der Waals surface area contributed by atoms with Gasteiger partial charge in [0.2, 0.25) is 0 Å². The maximum atomic E-state index is 6.71. The molecule has 2 unspecified atom stereocenters. The van der Waals surface area contributed by atoms with E-state index in [9.17, 15) is 0 Å². The standard InChI is InChI=1S/C19H32N2/c1-6-19(5,21-9-7-8-10-21)18(20)13-17-15(3)11-14(2)12-16(17)4/h11-12,18H,6-10,13,20H2,1-5H3. The molecule has 1 heterocycles. The van der Waals surface area contributed by atoms with Gasteiger partial charge in [0.1, 0.15) is 0 Å². The zero-order valence-corrected chi connectivity index (χ0v) is 14.5. The summed E-state index contributed by atoms with van der Waals surface area (Å²) in [6.45, 7) is 13.7. The minimum absolute atomic E-state index is 0.125. The van der Waals surface area contributed by atoms with Crippen molar-refractivity contribution in [2.24, 2.45) is 5.73 Å². The van der Waals surface area contributed by atoms with Crippen LogP contribution >= 0.6 is 0 Å². The Morgan fingerprint density at radius 3 is 2.14 bits per heavy atom. The van der Waals surface area contributed by atoms with Crippen molar-refractivity contribution < 1.29 is 0 Å². The molecule has 2 heteroatoms. The van der Waals surface area contributed by atoms with Gasteiger partial charge >= 0.3 is 0 Å². The van der Waals surface area contributed by atoms with Gasteiger partial charge in [-0.15, -0.1) is 0 Å². The summed E-state index contributed by atoms with van der Waals surface area (Å²) in [6, 6.07) is 4.77. The van der Waals surface area contributed by atoms with E-state index in [1.54, 1.807) is 0 Å². The van der Waals surface area contributed by atoms with Gasteiger partial charge in [-0.25, -0.2) is 0 Å². The largest absolute Gasteiger partial charge is 0.326 e. The van der Waals surface area contributed by atoms with Crippen molar-refractivity contribution in [2.75, 3.05) is 13.1 Å². The Hall–Kier alpha value is -0.860. The number of hydrogen-bond donors (Lipinski definition) is 1. The number of nitrogens with two attached hydrogens (primary N) is 1. The van der Waals surface area contributed by atoms with Crippen LogP contribution in [-0.2, 0) is 6.42 Å². The Bertz CT molecular complexity index is 465. The van der Waals surface area contributed by atoms with Crippen LogP contribution in [0, 0.1) is 20.8 Å². The predicted molar refractivity (Wildman–Crippen MR) is 91.8 cm³/mol. The molecule has 0 spiro atoms. The highest BCUT2D eigenvalue weighted by Gasteiger charge is 2.37. The Morgan fingerprint density at radius 1 is 1.14 bits per heavy atom. The van der Waals surface area contributed by atoms with Crippen molar-refractivity contribution in [3.63, 3.8) is 0 Å². The number of benzene rings is 1. The number of nitrogens with zero attached hydrogens (tertiary/aromatic N) is 1. The van der Waals surface area contributed by atoms with E-state index in [0.29, 0.717) is 0 Å². The van der Waals surface area contributed by atoms with Crippen LogP contribution in [0.25, 0.3) is 0 Å². The Kier molecular flexibility index (Phi) is 5.11. The molecule has 1 aromatic rings. The second-order valence-corrected chi connectivity index (χ2v) is 7.09. The van der Waals surface area contributed by atoms with E-state index in [4.69, 9.17) is 5.73 Å². The molecule has 0 radical (unpaired) electrons. The van der Waals surface area contributed by atoms with E-state index in [0.717, 1.165) is 12.8 Å². The zero-order chi connectivity index (χ0) is 15.6. The third kappa shape index (κ3) is 3.32. The summed E-state index contributed by atoms with van der Waals surface area (Å²) in [7, 11) is 0. The van der Waals surface area contributed by atoms with Crippen molar-refractivity contribution in [3.8, 4) is 0 Å². The van der Waals surface area contributed by atoms with Gasteiger partial charge in [0.05, 0.1) is 0 Å². The SMILES string of the molecule is CCC(C)(C(N)Cc1c(C)cc(C)cc1C)N1CCCC1. The minimum Gasteiger partial charge on any atom is -0.326 e. The van der Waals surface area contributed by atoms with Gasteiger partial charge in [0.25, 0.3) is 0 Å². The van der Waals surface area contributed by atoms with E-state index in [-0.39, 0.29) is 11.6 Å². The van der Waals surface area contributed by atoms with Crippen LogP contribution in [-0.4, -0.2) is 29.6 Å². The first-order valence-electron chi connectivity index (χ1n) is 8.46. The molecule has 1 saturated heterocycles. The monoisotopic (exact) mass is 288 g/mol. The number of aryl methyl sites for hydroxylation is 3. The lowest BCUT2D eigenvalue weighted by Crippen LogP contribution is -2.57. The molecule has 2 nitrogen and oxygen atoms in total. The summed E-state index contributed by atoms with van der Waals surface area (Å²) >= 11 is 0. The van der Waals surface area contributed by atoms with Crippen LogP contribution in [0.5, 0.6) is 0 Å².